The molecule has 1 aromatic rings. The largest absolute Gasteiger partial charge is 0.370 e. The second-order valence-electron chi connectivity index (χ2n) is 8.08. The van der Waals surface area contributed by atoms with E-state index in [1.807, 2.05) is 19.1 Å². The predicted octanol–water partition coefficient (Wildman–Crippen LogP) is 2.05. The van der Waals surface area contributed by atoms with E-state index in [2.05, 4.69) is 10.6 Å². The van der Waals surface area contributed by atoms with Crippen LogP contribution in [0.3, 0.4) is 0 Å². The van der Waals surface area contributed by atoms with Crippen molar-refractivity contribution in [2.45, 2.75) is 61.9 Å². The van der Waals surface area contributed by atoms with Crippen molar-refractivity contribution in [2.75, 3.05) is 26.2 Å². The van der Waals surface area contributed by atoms with Crippen molar-refractivity contribution in [1.82, 2.24) is 14.9 Å². The Kier molecular flexibility index (Phi) is 5.27. The van der Waals surface area contributed by atoms with Gasteiger partial charge >= 0.3 is 0 Å². The Morgan fingerprint density at radius 3 is 2.48 bits per heavy atom. The molecular weight excluding hydrogens is 360 g/mol. The summed E-state index contributed by atoms with van der Waals surface area (Å²) in [4.78, 5) is 5.19. The number of nitrogens with one attached hydrogen (secondary N) is 2. The number of nitrogens with zero attached hydrogens (tertiary/aromatic N) is 2. The number of aryl methyl sites for hydroxylation is 1. The molecule has 0 unspecified atom stereocenters. The van der Waals surface area contributed by atoms with E-state index >= 15 is 0 Å². The van der Waals surface area contributed by atoms with Gasteiger partial charge in [-0.25, -0.2) is 8.42 Å². The van der Waals surface area contributed by atoms with E-state index in [4.69, 9.17) is 4.99 Å². The first-order valence-electron chi connectivity index (χ1n) is 10.1. The van der Waals surface area contributed by atoms with Crippen LogP contribution >= 0.6 is 0 Å². The van der Waals surface area contributed by atoms with Crippen LogP contribution < -0.4 is 10.6 Å². The van der Waals surface area contributed by atoms with Gasteiger partial charge in [0.05, 0.1) is 17.0 Å². The average molecular weight is 391 g/mol. The summed E-state index contributed by atoms with van der Waals surface area (Å²) in [5.74, 6) is 1.06. The normalized spacial score (nSPS) is 24.1. The molecule has 1 saturated heterocycles. The molecule has 1 spiro atoms. The number of piperidine rings is 1. The smallest absolute Gasteiger partial charge is 0.243 e. The Morgan fingerprint density at radius 1 is 1.15 bits per heavy atom. The summed E-state index contributed by atoms with van der Waals surface area (Å²) in [6, 6.07) is 7.66. The number of hydrogen-bond acceptors (Lipinski definition) is 5. The minimum atomic E-state index is -3.43. The van der Waals surface area contributed by atoms with E-state index in [0.717, 1.165) is 37.3 Å². The summed E-state index contributed by atoms with van der Waals surface area (Å²) in [7, 11) is -3.43. The SMILES string of the molecule is Cc1ccc(S(=O)(=O)N2CCC3(CC2)NCCN=C3NC2CCCC2)cc1. The Labute approximate surface area is 162 Å². The lowest BCUT2D eigenvalue weighted by Crippen LogP contribution is -2.65. The van der Waals surface area contributed by atoms with Crippen LogP contribution in [-0.4, -0.2) is 56.3 Å². The molecule has 0 aromatic heterocycles. The molecule has 2 fully saturated rings. The fraction of sp³-hybridized carbons (Fsp3) is 0.650. The van der Waals surface area contributed by atoms with Crippen molar-refractivity contribution in [2.24, 2.45) is 4.99 Å². The molecule has 3 aliphatic rings. The number of sulfonamides is 1. The molecule has 27 heavy (non-hydrogen) atoms. The molecule has 0 bridgehead atoms. The third kappa shape index (κ3) is 3.77. The number of benzene rings is 1. The first-order valence-corrected chi connectivity index (χ1v) is 11.6. The molecule has 2 heterocycles. The van der Waals surface area contributed by atoms with Crippen LogP contribution in [0.2, 0.25) is 0 Å². The highest BCUT2D eigenvalue weighted by atomic mass is 32.2. The van der Waals surface area contributed by atoms with Gasteiger partial charge in [0.2, 0.25) is 10.0 Å². The lowest BCUT2D eigenvalue weighted by molar-refractivity contribution is 0.240. The molecule has 0 radical (unpaired) electrons. The monoisotopic (exact) mass is 390 g/mol. The molecule has 2 aliphatic heterocycles. The van der Waals surface area contributed by atoms with Gasteiger partial charge in [0, 0.05) is 25.7 Å². The zero-order valence-electron chi connectivity index (χ0n) is 16.1. The molecule has 1 aromatic carbocycles. The highest BCUT2D eigenvalue weighted by Gasteiger charge is 2.43. The molecule has 2 N–H and O–H groups in total. The van der Waals surface area contributed by atoms with E-state index < -0.39 is 10.0 Å². The van der Waals surface area contributed by atoms with Crippen molar-refractivity contribution in [3.8, 4) is 0 Å². The van der Waals surface area contributed by atoms with Gasteiger partial charge in [-0.15, -0.1) is 0 Å². The van der Waals surface area contributed by atoms with Crippen LogP contribution in [-0.2, 0) is 10.0 Å². The molecule has 6 nitrogen and oxygen atoms in total. The third-order valence-electron chi connectivity index (χ3n) is 6.23. The summed E-state index contributed by atoms with van der Waals surface area (Å²) in [5, 5.41) is 7.35. The van der Waals surface area contributed by atoms with Crippen LogP contribution in [0.5, 0.6) is 0 Å². The molecule has 7 heteroatoms. The number of hydrogen-bond donors (Lipinski definition) is 2. The molecule has 1 aliphatic carbocycles. The minimum absolute atomic E-state index is 0.194. The fourth-order valence-corrected chi connectivity index (χ4v) is 5.97. The van der Waals surface area contributed by atoms with Gasteiger partial charge in [-0.05, 0) is 44.7 Å². The van der Waals surface area contributed by atoms with Crippen molar-refractivity contribution >= 4 is 15.9 Å². The Hall–Kier alpha value is -1.44. The van der Waals surface area contributed by atoms with E-state index in [9.17, 15) is 8.42 Å². The zero-order chi connectivity index (χ0) is 18.9. The van der Waals surface area contributed by atoms with Gasteiger partial charge in [0.15, 0.2) is 0 Å². The molecule has 1 saturated carbocycles. The second-order valence-corrected chi connectivity index (χ2v) is 10.0. The zero-order valence-corrected chi connectivity index (χ0v) is 16.9. The standard InChI is InChI=1S/C20H30N4O2S/c1-16-6-8-18(9-7-16)27(25,26)24-14-10-20(11-15-24)19(21-12-13-22-20)23-17-4-2-3-5-17/h6-9,17,22H,2-5,10-15H2,1H3,(H,21,23). The van der Waals surface area contributed by atoms with Gasteiger partial charge < -0.3 is 10.6 Å². The van der Waals surface area contributed by atoms with E-state index in [0.29, 0.717) is 24.0 Å². The predicted molar refractivity (Wildman–Crippen MR) is 108 cm³/mol. The van der Waals surface area contributed by atoms with Crippen LogP contribution in [0, 0.1) is 6.92 Å². The Morgan fingerprint density at radius 2 is 1.81 bits per heavy atom. The summed E-state index contributed by atoms with van der Waals surface area (Å²) in [5.41, 5.74) is 0.872. The average Bonchev–Trinajstić information content (AvgIpc) is 3.18. The minimum Gasteiger partial charge on any atom is -0.370 e. The molecule has 0 amide bonds. The Bertz CT molecular complexity index is 790. The van der Waals surface area contributed by atoms with Gasteiger partial charge in [-0.2, -0.15) is 4.31 Å². The second kappa shape index (κ2) is 7.53. The van der Waals surface area contributed by atoms with Gasteiger partial charge in [0.1, 0.15) is 5.84 Å². The summed E-state index contributed by atoms with van der Waals surface area (Å²) in [6.07, 6.45) is 6.52. The van der Waals surface area contributed by atoms with Gasteiger partial charge in [-0.1, -0.05) is 30.5 Å². The lowest BCUT2D eigenvalue weighted by Gasteiger charge is -2.45. The number of aliphatic imine (C=N–C) groups is 1. The maximum Gasteiger partial charge on any atom is 0.243 e. The van der Waals surface area contributed by atoms with Crippen LogP contribution in [0.15, 0.2) is 34.2 Å². The number of amidine groups is 1. The topological polar surface area (TPSA) is 73.8 Å². The van der Waals surface area contributed by atoms with Crippen molar-refractivity contribution in [3.05, 3.63) is 29.8 Å². The molecule has 0 atom stereocenters. The Balaban J connectivity index is 1.47. The highest BCUT2D eigenvalue weighted by Crippen LogP contribution is 2.30. The van der Waals surface area contributed by atoms with Gasteiger partial charge in [-0.3, -0.25) is 4.99 Å². The van der Waals surface area contributed by atoms with E-state index in [1.54, 1.807) is 16.4 Å². The van der Waals surface area contributed by atoms with Crippen LogP contribution in [0.4, 0.5) is 0 Å². The van der Waals surface area contributed by atoms with Crippen molar-refractivity contribution in [3.63, 3.8) is 0 Å². The van der Waals surface area contributed by atoms with Crippen LogP contribution in [0.1, 0.15) is 44.1 Å². The lowest BCUT2D eigenvalue weighted by atomic mass is 9.85. The number of rotatable bonds is 3. The fourth-order valence-electron chi connectivity index (χ4n) is 4.53. The molecule has 4 rings (SSSR count). The summed E-state index contributed by atoms with van der Waals surface area (Å²) >= 11 is 0. The molecule has 148 valence electrons. The maximum absolute atomic E-state index is 13.0. The van der Waals surface area contributed by atoms with Crippen molar-refractivity contribution < 1.29 is 8.42 Å². The molecular formula is C20H30N4O2S. The summed E-state index contributed by atoms with van der Waals surface area (Å²) in [6.45, 7) is 4.67. The highest BCUT2D eigenvalue weighted by molar-refractivity contribution is 7.89. The third-order valence-corrected chi connectivity index (χ3v) is 8.14. The van der Waals surface area contributed by atoms with Crippen molar-refractivity contribution in [1.29, 1.82) is 0 Å². The first kappa shape index (κ1) is 18.9. The summed E-state index contributed by atoms with van der Waals surface area (Å²) < 4.78 is 27.6. The first-order chi connectivity index (χ1) is 13.0. The maximum atomic E-state index is 13.0. The van der Waals surface area contributed by atoms with Crippen LogP contribution in [0.25, 0.3) is 0 Å². The quantitative estimate of drug-likeness (QED) is 0.828. The van der Waals surface area contributed by atoms with Gasteiger partial charge in [0.25, 0.3) is 0 Å². The van der Waals surface area contributed by atoms with E-state index in [1.165, 1.54) is 25.7 Å². The van der Waals surface area contributed by atoms with E-state index in [-0.39, 0.29) is 5.54 Å².